The monoisotopic (exact) mass is 269 g/mol. The third-order valence-corrected chi connectivity index (χ3v) is 4.87. The van der Waals surface area contributed by atoms with Crippen molar-refractivity contribution in [3.63, 3.8) is 0 Å². The minimum atomic E-state index is -3.43. The van der Waals surface area contributed by atoms with Crippen LogP contribution in [0.4, 0.5) is 0 Å². The molecule has 0 aliphatic heterocycles. The first-order valence-corrected chi connectivity index (χ1v) is 7.72. The number of nitrogens with one attached hydrogen (secondary N) is 1. The van der Waals surface area contributed by atoms with Crippen molar-refractivity contribution in [3.8, 4) is 0 Å². The topological polar surface area (TPSA) is 55.4 Å². The number of benzene rings is 1. The van der Waals surface area contributed by atoms with Gasteiger partial charge in [0.1, 0.15) is 0 Å². The molecule has 18 heavy (non-hydrogen) atoms. The molecule has 0 bridgehead atoms. The van der Waals surface area contributed by atoms with Crippen LogP contribution in [0.15, 0.2) is 35.2 Å². The number of rotatable bonds is 4. The number of ether oxygens (including phenoxy) is 1. The highest BCUT2D eigenvalue weighted by Crippen LogP contribution is 2.22. The Kier molecular flexibility index (Phi) is 4.37. The van der Waals surface area contributed by atoms with E-state index < -0.39 is 10.0 Å². The Morgan fingerprint density at radius 3 is 2.50 bits per heavy atom. The molecule has 1 N–H and O–H groups in total. The lowest BCUT2D eigenvalue weighted by Gasteiger charge is -2.30. The third-order valence-electron chi connectivity index (χ3n) is 3.37. The molecular weight excluding hydrogens is 250 g/mol. The molecule has 2 rings (SSSR count). The summed E-state index contributed by atoms with van der Waals surface area (Å²) in [6.45, 7) is 0. The van der Waals surface area contributed by atoms with Crippen LogP contribution in [-0.4, -0.2) is 27.7 Å². The molecule has 0 unspecified atom stereocenters. The molecule has 0 saturated heterocycles. The second-order valence-electron chi connectivity index (χ2n) is 4.60. The Morgan fingerprint density at radius 1 is 1.17 bits per heavy atom. The van der Waals surface area contributed by atoms with Crippen LogP contribution < -0.4 is 4.72 Å². The molecule has 100 valence electrons. The van der Waals surface area contributed by atoms with Crippen LogP contribution >= 0.6 is 0 Å². The van der Waals surface area contributed by atoms with Gasteiger partial charge in [-0.05, 0) is 25.0 Å². The Hall–Kier alpha value is -0.910. The zero-order valence-electron chi connectivity index (χ0n) is 10.5. The van der Waals surface area contributed by atoms with Gasteiger partial charge in [-0.25, -0.2) is 13.1 Å². The Morgan fingerprint density at radius 2 is 1.83 bits per heavy atom. The lowest BCUT2D eigenvalue weighted by atomic mass is 9.93. The first kappa shape index (κ1) is 13.5. The van der Waals surface area contributed by atoms with E-state index in [2.05, 4.69) is 4.72 Å². The van der Waals surface area contributed by atoms with Gasteiger partial charge < -0.3 is 4.74 Å². The Balaban J connectivity index is 2.12. The lowest BCUT2D eigenvalue weighted by Crippen LogP contribution is -2.45. The van der Waals surface area contributed by atoms with Gasteiger partial charge in [0.15, 0.2) is 0 Å². The van der Waals surface area contributed by atoms with E-state index in [0.29, 0.717) is 4.90 Å². The predicted molar refractivity (Wildman–Crippen MR) is 69.8 cm³/mol. The molecule has 1 saturated carbocycles. The Labute approximate surface area is 108 Å². The first-order valence-electron chi connectivity index (χ1n) is 6.23. The van der Waals surface area contributed by atoms with Crippen molar-refractivity contribution in [2.24, 2.45) is 0 Å². The molecule has 5 heteroatoms. The Bertz CT molecular complexity index is 472. The number of hydrogen-bond donors (Lipinski definition) is 1. The van der Waals surface area contributed by atoms with Gasteiger partial charge in [-0.2, -0.15) is 0 Å². The van der Waals surface area contributed by atoms with E-state index in [1.54, 1.807) is 37.4 Å². The molecule has 4 nitrogen and oxygen atoms in total. The van der Waals surface area contributed by atoms with Gasteiger partial charge in [0, 0.05) is 13.2 Å². The van der Waals surface area contributed by atoms with Crippen molar-refractivity contribution in [2.45, 2.75) is 42.7 Å². The fraction of sp³-hybridized carbons (Fsp3) is 0.538. The molecule has 1 aromatic rings. The van der Waals surface area contributed by atoms with Gasteiger partial charge in [0.25, 0.3) is 0 Å². The van der Waals surface area contributed by atoms with E-state index in [-0.39, 0.29) is 12.1 Å². The van der Waals surface area contributed by atoms with Gasteiger partial charge in [-0.3, -0.25) is 0 Å². The van der Waals surface area contributed by atoms with Crippen molar-refractivity contribution in [1.82, 2.24) is 4.72 Å². The minimum absolute atomic E-state index is 0.0164. The van der Waals surface area contributed by atoms with Gasteiger partial charge >= 0.3 is 0 Å². The average Bonchev–Trinajstić information content (AvgIpc) is 2.40. The van der Waals surface area contributed by atoms with Crippen LogP contribution in [0.1, 0.15) is 25.7 Å². The SMILES string of the molecule is CO[C@H]1CCCC[C@H]1NS(=O)(=O)c1ccccc1. The summed E-state index contributed by atoms with van der Waals surface area (Å²) < 4.78 is 32.5. The van der Waals surface area contributed by atoms with E-state index in [1.807, 2.05) is 0 Å². The highest BCUT2D eigenvalue weighted by Gasteiger charge is 2.29. The average molecular weight is 269 g/mol. The van der Waals surface area contributed by atoms with Crippen LogP contribution in [0.5, 0.6) is 0 Å². The summed E-state index contributed by atoms with van der Waals surface area (Å²) in [7, 11) is -1.79. The molecule has 0 spiro atoms. The van der Waals surface area contributed by atoms with Crippen molar-refractivity contribution < 1.29 is 13.2 Å². The van der Waals surface area contributed by atoms with E-state index in [9.17, 15) is 8.42 Å². The summed E-state index contributed by atoms with van der Waals surface area (Å²) >= 11 is 0. The molecule has 0 radical (unpaired) electrons. The molecule has 0 heterocycles. The molecule has 0 amide bonds. The van der Waals surface area contributed by atoms with Gasteiger partial charge in [0.2, 0.25) is 10.0 Å². The quantitative estimate of drug-likeness (QED) is 0.908. The van der Waals surface area contributed by atoms with Crippen molar-refractivity contribution in [1.29, 1.82) is 0 Å². The highest BCUT2D eigenvalue weighted by atomic mass is 32.2. The summed E-state index contributed by atoms with van der Waals surface area (Å²) in [6, 6.07) is 8.35. The maximum Gasteiger partial charge on any atom is 0.240 e. The molecule has 0 aromatic heterocycles. The molecule has 2 atom stereocenters. The minimum Gasteiger partial charge on any atom is -0.380 e. The summed E-state index contributed by atoms with van der Waals surface area (Å²) in [5.74, 6) is 0. The summed E-state index contributed by atoms with van der Waals surface area (Å²) in [4.78, 5) is 0.311. The smallest absolute Gasteiger partial charge is 0.240 e. The largest absolute Gasteiger partial charge is 0.380 e. The third kappa shape index (κ3) is 3.10. The zero-order valence-corrected chi connectivity index (χ0v) is 11.3. The fourth-order valence-electron chi connectivity index (χ4n) is 2.38. The standard InChI is InChI=1S/C13H19NO3S/c1-17-13-10-6-5-9-12(13)14-18(15,16)11-7-3-2-4-8-11/h2-4,7-8,12-14H,5-6,9-10H2,1H3/t12-,13+/m1/s1. The van der Waals surface area contributed by atoms with Crippen LogP contribution in [-0.2, 0) is 14.8 Å². The van der Waals surface area contributed by atoms with Crippen molar-refractivity contribution in [3.05, 3.63) is 30.3 Å². The number of sulfonamides is 1. The number of methoxy groups -OCH3 is 1. The van der Waals surface area contributed by atoms with Crippen LogP contribution in [0.3, 0.4) is 0 Å². The molecular formula is C13H19NO3S. The summed E-state index contributed by atoms with van der Waals surface area (Å²) in [6.07, 6.45) is 3.88. The molecule has 1 aliphatic carbocycles. The van der Waals surface area contributed by atoms with E-state index >= 15 is 0 Å². The predicted octanol–water partition coefficient (Wildman–Crippen LogP) is 1.92. The lowest BCUT2D eigenvalue weighted by molar-refractivity contribution is 0.0493. The van der Waals surface area contributed by atoms with Gasteiger partial charge in [0.05, 0.1) is 11.0 Å². The van der Waals surface area contributed by atoms with Gasteiger partial charge in [-0.1, -0.05) is 31.0 Å². The maximum absolute atomic E-state index is 12.2. The second-order valence-corrected chi connectivity index (χ2v) is 6.31. The highest BCUT2D eigenvalue weighted by molar-refractivity contribution is 7.89. The van der Waals surface area contributed by atoms with E-state index in [1.165, 1.54) is 0 Å². The van der Waals surface area contributed by atoms with Crippen LogP contribution in [0, 0.1) is 0 Å². The fourth-order valence-corrected chi connectivity index (χ4v) is 3.70. The van der Waals surface area contributed by atoms with Crippen LogP contribution in [0.2, 0.25) is 0 Å². The van der Waals surface area contributed by atoms with Crippen LogP contribution in [0.25, 0.3) is 0 Å². The van der Waals surface area contributed by atoms with Gasteiger partial charge in [-0.15, -0.1) is 0 Å². The zero-order chi connectivity index (χ0) is 13.0. The maximum atomic E-state index is 12.2. The summed E-state index contributed by atoms with van der Waals surface area (Å²) in [5.41, 5.74) is 0. The normalized spacial score (nSPS) is 24.9. The van der Waals surface area contributed by atoms with Crippen molar-refractivity contribution in [2.75, 3.05) is 7.11 Å². The van der Waals surface area contributed by atoms with E-state index in [0.717, 1.165) is 25.7 Å². The van der Waals surface area contributed by atoms with E-state index in [4.69, 9.17) is 4.74 Å². The molecule has 1 fully saturated rings. The molecule has 1 aromatic carbocycles. The second kappa shape index (κ2) is 5.82. The molecule has 1 aliphatic rings. The first-order chi connectivity index (χ1) is 8.63. The summed E-state index contributed by atoms with van der Waals surface area (Å²) in [5, 5.41) is 0. The number of hydrogen-bond acceptors (Lipinski definition) is 3. The van der Waals surface area contributed by atoms with Crippen molar-refractivity contribution >= 4 is 10.0 Å².